The van der Waals surface area contributed by atoms with Crippen molar-refractivity contribution in [3.05, 3.63) is 6.42 Å². The summed E-state index contributed by atoms with van der Waals surface area (Å²) in [5.41, 5.74) is 0. The van der Waals surface area contributed by atoms with Crippen LogP contribution < -0.4 is 164 Å². The average molecular weight is 279 g/mol. The maximum absolute atomic E-state index is 10.6. The third-order valence-electron chi connectivity index (χ3n) is 1.43. The number of aliphatic hydroxyl groups is 1. The van der Waals surface area contributed by atoms with Crippen molar-refractivity contribution in [1.82, 2.24) is 0 Å². The quantitative estimate of drug-likeness (QED) is 0.379. The first kappa shape index (κ1) is 27.1. The smallest absolute Gasteiger partial charge is 0.872 e. The Hall–Kier alpha value is 4.71. The molecule has 1 aliphatic heterocycles. The Balaban J connectivity index is -0.000000125. The number of hydrogen-bond donors (Lipinski definition) is 1. The maximum Gasteiger partial charge on any atom is 1.00 e. The minimum atomic E-state index is -1.33. The summed E-state index contributed by atoms with van der Waals surface area (Å²) in [5.74, 6) is 0. The molecule has 1 rings (SSSR count). The molecular weight excluding hydrogens is 269 g/mol. The predicted molar refractivity (Wildman–Crippen MR) is 30.4 cm³/mol. The molecule has 0 radical (unpaired) electrons. The van der Waals surface area contributed by atoms with Crippen LogP contribution in [0.5, 0.6) is 0 Å². The van der Waals surface area contributed by atoms with Crippen LogP contribution in [-0.2, 0) is 4.74 Å². The van der Waals surface area contributed by atoms with Gasteiger partial charge in [-0.25, -0.2) is 6.10 Å². The van der Waals surface area contributed by atoms with E-state index < -0.39 is 25.1 Å². The summed E-state index contributed by atoms with van der Waals surface area (Å²) >= 11 is 0. The molecule has 8 heteroatoms. The third kappa shape index (κ3) is 10.6. The number of aliphatic hydroxyl groups excluding tert-OH is 1. The molecule has 0 aromatic carbocycles. The van der Waals surface area contributed by atoms with E-state index in [-0.39, 0.29) is 160 Å². The predicted octanol–water partition coefficient (Wildman–Crippen LogP) is -11.8. The first-order valence-corrected chi connectivity index (χ1v) is 3.15. The van der Waals surface area contributed by atoms with E-state index in [9.17, 15) is 10.2 Å². The second kappa shape index (κ2) is 15.8. The van der Waals surface area contributed by atoms with Gasteiger partial charge in [0.2, 0.25) is 0 Å². The van der Waals surface area contributed by atoms with E-state index in [0.717, 1.165) is 0 Å². The topological polar surface area (TPSA) is 106 Å². The molecule has 3 unspecified atom stereocenters. The van der Waals surface area contributed by atoms with Crippen molar-refractivity contribution in [2.75, 3.05) is 6.61 Å². The molecule has 1 saturated heterocycles. The second-order valence-corrected chi connectivity index (χ2v) is 2.25. The minimum absolute atomic E-state index is 0. The van der Waals surface area contributed by atoms with Crippen molar-refractivity contribution < 1.29 is 180 Å². The first-order chi connectivity index (χ1) is 4.74. The molecular formula is C6H10K3O5-. The van der Waals surface area contributed by atoms with Crippen LogP contribution >= 0.6 is 0 Å². The number of ether oxygens (including phenoxy) is 1. The molecule has 0 spiro atoms. The van der Waals surface area contributed by atoms with Gasteiger partial charge in [0, 0.05) is 6.10 Å². The zero-order chi connectivity index (χ0) is 7.56. The monoisotopic (exact) mass is 279 g/mol. The van der Waals surface area contributed by atoms with Gasteiger partial charge in [-0.1, -0.05) is 0 Å². The van der Waals surface area contributed by atoms with Gasteiger partial charge in [-0.15, -0.1) is 6.61 Å². The Labute approximate surface area is 211 Å². The maximum atomic E-state index is 10.6. The van der Waals surface area contributed by atoms with Gasteiger partial charge < -0.3 is 32.0 Å². The molecule has 68 valence electrons. The van der Waals surface area contributed by atoms with Crippen molar-refractivity contribution in [3.63, 3.8) is 0 Å². The Morgan fingerprint density at radius 3 is 2.21 bits per heavy atom. The van der Waals surface area contributed by atoms with Crippen molar-refractivity contribution >= 4 is 0 Å². The average Bonchev–Trinajstić information content (AvgIpc) is 1.95. The molecule has 0 bridgehead atoms. The van der Waals surface area contributed by atoms with Crippen molar-refractivity contribution in [2.24, 2.45) is 0 Å². The molecule has 2 N–H and O–H groups in total. The fraction of sp³-hybridized carbons (Fsp3) is 0.833. The van der Waals surface area contributed by atoms with Crippen LogP contribution in [0.2, 0.25) is 0 Å². The van der Waals surface area contributed by atoms with Gasteiger partial charge in [-0.2, -0.15) is 6.42 Å². The Bertz CT molecular complexity index is 118. The molecule has 0 aliphatic carbocycles. The van der Waals surface area contributed by atoms with Crippen LogP contribution in [0, 0.1) is 6.42 Å². The van der Waals surface area contributed by atoms with Crippen LogP contribution in [0.25, 0.3) is 0 Å². The standard InChI is InChI=1S/C6H9O4.3K.H2O/c7-3-4-1-2-5(8)6(9)10-4;;;;/h2,4-6,9H,1,3H2;;;;1H2/q-3;3*+1;/p-1. The van der Waals surface area contributed by atoms with E-state index in [1.54, 1.807) is 0 Å². The summed E-state index contributed by atoms with van der Waals surface area (Å²) in [7, 11) is 0. The number of rotatable bonds is 1. The van der Waals surface area contributed by atoms with E-state index in [0.29, 0.717) is 6.42 Å². The molecule has 3 atom stereocenters. The van der Waals surface area contributed by atoms with Crippen molar-refractivity contribution in [2.45, 2.75) is 24.9 Å². The fourth-order valence-electron chi connectivity index (χ4n) is 0.840. The minimum Gasteiger partial charge on any atom is -0.872 e. The summed E-state index contributed by atoms with van der Waals surface area (Å²) in [6.45, 7) is -0.402. The summed E-state index contributed by atoms with van der Waals surface area (Å²) in [6, 6.07) is 0. The molecule has 0 aromatic heterocycles. The molecule has 5 nitrogen and oxygen atoms in total. The number of hydrogen-bond acceptors (Lipinski definition) is 5. The molecule has 1 heterocycles. The van der Waals surface area contributed by atoms with E-state index >= 15 is 0 Å². The fourth-order valence-corrected chi connectivity index (χ4v) is 0.840. The summed E-state index contributed by atoms with van der Waals surface area (Å²) < 4.78 is 4.65. The molecule has 0 saturated carbocycles. The Kier molecular flexibility index (Phi) is 30.5. The van der Waals surface area contributed by atoms with E-state index in [4.69, 9.17) is 5.11 Å². The zero-order valence-corrected chi connectivity index (χ0v) is 18.2. The van der Waals surface area contributed by atoms with Crippen LogP contribution in [0.3, 0.4) is 0 Å². The van der Waals surface area contributed by atoms with Gasteiger partial charge in [0.25, 0.3) is 0 Å². The van der Waals surface area contributed by atoms with E-state index in [1.807, 2.05) is 0 Å². The zero-order valence-electron chi connectivity index (χ0n) is 8.84. The third-order valence-corrected chi connectivity index (χ3v) is 1.43. The van der Waals surface area contributed by atoms with Gasteiger partial charge >= 0.3 is 154 Å². The largest absolute Gasteiger partial charge is 1.00 e. The molecule has 1 fully saturated rings. The normalized spacial score (nSPS) is 29.8. The summed E-state index contributed by atoms with van der Waals surface area (Å²) in [4.78, 5) is 0. The Morgan fingerprint density at radius 2 is 1.86 bits per heavy atom. The SMILES string of the molecule is [K+].[K+].[K+].[O-]CC1C[CH-]C([O-])C(O)O1.[OH-]. The molecule has 0 aromatic rings. The summed E-state index contributed by atoms with van der Waals surface area (Å²) in [6.07, 6.45) is -1.30. The molecule has 1 aliphatic rings. The van der Waals surface area contributed by atoms with E-state index in [1.165, 1.54) is 6.42 Å². The van der Waals surface area contributed by atoms with Gasteiger partial charge in [0.05, 0.1) is 0 Å². The van der Waals surface area contributed by atoms with Crippen LogP contribution in [0.1, 0.15) is 6.42 Å². The van der Waals surface area contributed by atoms with Crippen LogP contribution in [0.4, 0.5) is 0 Å². The Morgan fingerprint density at radius 1 is 1.36 bits per heavy atom. The van der Waals surface area contributed by atoms with Crippen LogP contribution in [-0.4, -0.2) is 35.7 Å². The van der Waals surface area contributed by atoms with E-state index in [2.05, 4.69) is 4.74 Å². The first-order valence-electron chi connectivity index (χ1n) is 3.15. The van der Waals surface area contributed by atoms with Crippen molar-refractivity contribution in [1.29, 1.82) is 0 Å². The second-order valence-electron chi connectivity index (χ2n) is 2.25. The summed E-state index contributed by atoms with van der Waals surface area (Å²) in [5, 5.41) is 29.6. The van der Waals surface area contributed by atoms with Gasteiger partial charge in [-0.05, 0) is 0 Å². The van der Waals surface area contributed by atoms with Gasteiger partial charge in [-0.3, -0.25) is 0 Å². The van der Waals surface area contributed by atoms with Crippen molar-refractivity contribution in [3.8, 4) is 0 Å². The molecule has 14 heavy (non-hydrogen) atoms. The van der Waals surface area contributed by atoms with Gasteiger partial charge in [0.15, 0.2) is 0 Å². The van der Waals surface area contributed by atoms with Crippen LogP contribution in [0.15, 0.2) is 0 Å². The van der Waals surface area contributed by atoms with Gasteiger partial charge in [0.1, 0.15) is 6.29 Å². The molecule has 0 amide bonds.